The van der Waals surface area contributed by atoms with E-state index in [1.165, 1.54) is 7.11 Å². The lowest BCUT2D eigenvalue weighted by Crippen LogP contribution is -2.49. The van der Waals surface area contributed by atoms with Crippen molar-refractivity contribution in [3.05, 3.63) is 0 Å². The smallest absolute Gasteiger partial charge is 0.305 e. The molecule has 4 atom stereocenters. The molecule has 0 amide bonds. The van der Waals surface area contributed by atoms with Crippen LogP contribution >= 0.6 is 22.6 Å². The number of nitriles is 1. The molecule has 2 rings (SSSR count). The summed E-state index contributed by atoms with van der Waals surface area (Å²) in [6.07, 6.45) is 5.54. The largest absolute Gasteiger partial charge is 0.469 e. The van der Waals surface area contributed by atoms with Gasteiger partial charge in [0.05, 0.1) is 31.5 Å². The monoisotopic (exact) mass is 407 g/mol. The van der Waals surface area contributed by atoms with Crippen LogP contribution in [0.1, 0.15) is 44.9 Å². The SMILES string of the molecule is COC(=O)CC[C@H]1CC2(CI)O[C@@H](CCC#N)CC[C@@H]2O1. The van der Waals surface area contributed by atoms with Crippen molar-refractivity contribution in [3.63, 3.8) is 0 Å². The molecular weight excluding hydrogens is 385 g/mol. The Bertz CT molecular complexity index is 411. The van der Waals surface area contributed by atoms with Crippen molar-refractivity contribution in [2.24, 2.45) is 0 Å². The Labute approximate surface area is 139 Å². The minimum absolute atomic E-state index is 0.0681. The molecule has 118 valence electrons. The lowest BCUT2D eigenvalue weighted by Gasteiger charge is -2.41. The van der Waals surface area contributed by atoms with Crippen LogP contribution in [0.3, 0.4) is 0 Å². The van der Waals surface area contributed by atoms with Gasteiger partial charge < -0.3 is 14.2 Å². The minimum Gasteiger partial charge on any atom is -0.469 e. The molecule has 1 unspecified atom stereocenters. The van der Waals surface area contributed by atoms with Gasteiger partial charge in [0.15, 0.2) is 0 Å². The molecule has 0 radical (unpaired) electrons. The van der Waals surface area contributed by atoms with E-state index in [-0.39, 0.29) is 29.9 Å². The first-order valence-corrected chi connectivity index (χ1v) is 8.99. The summed E-state index contributed by atoms with van der Waals surface area (Å²) >= 11 is 2.36. The number of alkyl halides is 1. The molecule has 0 aromatic carbocycles. The second kappa shape index (κ2) is 7.75. The molecule has 0 aromatic rings. The van der Waals surface area contributed by atoms with Crippen LogP contribution in [-0.4, -0.2) is 41.4 Å². The topological polar surface area (TPSA) is 68.5 Å². The lowest BCUT2D eigenvalue weighted by molar-refractivity contribution is -0.153. The van der Waals surface area contributed by atoms with Crippen molar-refractivity contribution in [1.82, 2.24) is 0 Å². The first-order chi connectivity index (χ1) is 10.1. The van der Waals surface area contributed by atoms with Crippen LogP contribution in [0.15, 0.2) is 0 Å². The van der Waals surface area contributed by atoms with Crippen molar-refractivity contribution in [2.45, 2.75) is 68.9 Å². The number of carbonyl (C=O) groups is 1. The molecular formula is C15H22INO4. The molecule has 0 aliphatic carbocycles. The van der Waals surface area contributed by atoms with Gasteiger partial charge in [-0.15, -0.1) is 0 Å². The Morgan fingerprint density at radius 2 is 2.24 bits per heavy atom. The molecule has 2 saturated heterocycles. The first kappa shape index (κ1) is 17.0. The highest BCUT2D eigenvalue weighted by molar-refractivity contribution is 14.1. The third-order valence-corrected chi connectivity index (χ3v) is 5.66. The number of methoxy groups -OCH3 is 1. The van der Waals surface area contributed by atoms with Crippen molar-refractivity contribution >= 4 is 28.6 Å². The van der Waals surface area contributed by atoms with Gasteiger partial charge in [-0.05, 0) is 25.7 Å². The normalized spacial score (nSPS) is 35.0. The third kappa shape index (κ3) is 4.08. The lowest BCUT2D eigenvalue weighted by atomic mass is 9.87. The van der Waals surface area contributed by atoms with Crippen LogP contribution in [0.5, 0.6) is 0 Å². The van der Waals surface area contributed by atoms with Gasteiger partial charge in [-0.3, -0.25) is 4.79 Å². The highest BCUT2D eigenvalue weighted by atomic mass is 127. The molecule has 2 fully saturated rings. The molecule has 2 aliphatic heterocycles. The average molecular weight is 407 g/mol. The molecule has 0 bridgehead atoms. The number of fused-ring (bicyclic) bond motifs is 1. The summed E-state index contributed by atoms with van der Waals surface area (Å²) in [5, 5.41) is 8.72. The summed E-state index contributed by atoms with van der Waals surface area (Å²) in [6.45, 7) is 0. The van der Waals surface area contributed by atoms with E-state index in [9.17, 15) is 4.79 Å². The van der Waals surface area contributed by atoms with Gasteiger partial charge in [0.2, 0.25) is 0 Å². The van der Waals surface area contributed by atoms with E-state index < -0.39 is 0 Å². The highest BCUT2D eigenvalue weighted by Crippen LogP contribution is 2.44. The van der Waals surface area contributed by atoms with E-state index in [4.69, 9.17) is 14.7 Å². The average Bonchev–Trinajstić information content (AvgIpc) is 2.88. The number of carbonyl (C=O) groups excluding carboxylic acids is 1. The third-order valence-electron chi connectivity index (χ3n) is 4.37. The van der Waals surface area contributed by atoms with Gasteiger partial charge in [0.1, 0.15) is 5.60 Å². The van der Waals surface area contributed by atoms with E-state index >= 15 is 0 Å². The number of rotatable bonds is 6. The Balaban J connectivity index is 1.92. The number of esters is 1. The van der Waals surface area contributed by atoms with Crippen molar-refractivity contribution in [2.75, 3.05) is 11.5 Å². The fourth-order valence-electron chi connectivity index (χ4n) is 3.26. The predicted molar refractivity (Wildman–Crippen MR) is 85.1 cm³/mol. The first-order valence-electron chi connectivity index (χ1n) is 7.46. The van der Waals surface area contributed by atoms with E-state index in [1.54, 1.807) is 0 Å². The zero-order chi connectivity index (χ0) is 15.3. The summed E-state index contributed by atoms with van der Waals surface area (Å²) in [7, 11) is 1.41. The molecule has 5 nitrogen and oxygen atoms in total. The second-order valence-corrected chi connectivity index (χ2v) is 6.54. The Hall–Kier alpha value is -0.390. The zero-order valence-corrected chi connectivity index (χ0v) is 14.5. The van der Waals surface area contributed by atoms with Crippen molar-refractivity contribution in [3.8, 4) is 6.07 Å². The van der Waals surface area contributed by atoms with E-state index in [1.807, 2.05) is 0 Å². The van der Waals surface area contributed by atoms with Crippen LogP contribution < -0.4 is 0 Å². The van der Waals surface area contributed by atoms with Crippen LogP contribution in [0, 0.1) is 11.3 Å². The van der Waals surface area contributed by atoms with Gasteiger partial charge in [-0.2, -0.15) is 5.26 Å². The maximum atomic E-state index is 11.3. The molecule has 2 aliphatic rings. The van der Waals surface area contributed by atoms with E-state index in [0.717, 1.165) is 30.1 Å². The van der Waals surface area contributed by atoms with Crippen LogP contribution in [0.4, 0.5) is 0 Å². The molecule has 0 spiro atoms. The van der Waals surface area contributed by atoms with E-state index in [2.05, 4.69) is 33.4 Å². The Morgan fingerprint density at radius 1 is 1.43 bits per heavy atom. The molecule has 0 N–H and O–H groups in total. The maximum absolute atomic E-state index is 11.3. The zero-order valence-electron chi connectivity index (χ0n) is 12.3. The van der Waals surface area contributed by atoms with Gasteiger partial charge in [-0.25, -0.2) is 0 Å². The van der Waals surface area contributed by atoms with Gasteiger partial charge in [0.25, 0.3) is 0 Å². The molecule has 6 heteroatoms. The summed E-state index contributed by atoms with van der Waals surface area (Å²) in [5.74, 6) is -0.190. The quantitative estimate of drug-likeness (QED) is 0.385. The molecule has 0 saturated carbocycles. The van der Waals surface area contributed by atoms with Crippen LogP contribution in [0.2, 0.25) is 0 Å². The van der Waals surface area contributed by atoms with Gasteiger partial charge in [0, 0.05) is 23.7 Å². The van der Waals surface area contributed by atoms with E-state index in [0.29, 0.717) is 19.3 Å². The maximum Gasteiger partial charge on any atom is 0.305 e. The second-order valence-electron chi connectivity index (χ2n) is 5.78. The van der Waals surface area contributed by atoms with Crippen molar-refractivity contribution in [1.29, 1.82) is 5.26 Å². The summed E-state index contributed by atoms with van der Waals surface area (Å²) < 4.78 is 18.0. The number of hydrogen-bond donors (Lipinski definition) is 0. The standard InChI is InChI=1S/C15H22INO4/c1-19-14(18)7-5-12-9-15(10-16)13(20-12)6-4-11(21-15)3-2-8-17/h11-13H,2-7,9-10H2,1H3/t11-,12-,13-,15?/m0/s1. The fraction of sp³-hybridized carbons (Fsp3) is 0.867. The Morgan fingerprint density at radius 3 is 2.90 bits per heavy atom. The highest BCUT2D eigenvalue weighted by Gasteiger charge is 2.52. The van der Waals surface area contributed by atoms with Crippen molar-refractivity contribution < 1.29 is 19.0 Å². The van der Waals surface area contributed by atoms with Crippen LogP contribution in [0.25, 0.3) is 0 Å². The summed E-state index contributed by atoms with van der Waals surface area (Å²) in [6, 6.07) is 2.19. The fourth-order valence-corrected chi connectivity index (χ4v) is 4.24. The number of hydrogen-bond acceptors (Lipinski definition) is 5. The predicted octanol–water partition coefficient (Wildman–Crippen LogP) is 2.75. The summed E-state index contributed by atoms with van der Waals surface area (Å²) in [4.78, 5) is 11.3. The number of nitrogens with zero attached hydrogens (tertiary/aromatic N) is 1. The van der Waals surface area contributed by atoms with Gasteiger partial charge in [-0.1, -0.05) is 22.6 Å². The van der Waals surface area contributed by atoms with Gasteiger partial charge >= 0.3 is 5.97 Å². The van der Waals surface area contributed by atoms with Crippen LogP contribution in [-0.2, 0) is 19.0 Å². The molecule has 21 heavy (non-hydrogen) atoms. The number of ether oxygens (including phenoxy) is 3. The minimum atomic E-state index is -0.236. The molecule has 2 heterocycles. The Kier molecular flexibility index (Phi) is 6.26. The summed E-state index contributed by atoms with van der Waals surface area (Å²) in [5.41, 5.74) is -0.236. The number of halogens is 1. The molecule has 0 aromatic heterocycles.